The zero-order valence-electron chi connectivity index (χ0n) is 6.22. The number of hydrogen-bond acceptors (Lipinski definition) is 3. The third-order valence-electron chi connectivity index (χ3n) is 1.22. The topological polar surface area (TPSA) is 83.8 Å². The molecule has 4 N–H and O–H groups in total. The van der Waals surface area contributed by atoms with Gasteiger partial charge in [0, 0.05) is 12.7 Å². The van der Waals surface area contributed by atoms with Crippen molar-refractivity contribution in [2.45, 2.75) is 6.54 Å². The highest BCUT2D eigenvalue weighted by Gasteiger charge is 2.04. The van der Waals surface area contributed by atoms with Gasteiger partial charge in [0.05, 0.1) is 5.69 Å². The van der Waals surface area contributed by atoms with Crippen LogP contribution in [0.25, 0.3) is 0 Å². The Morgan fingerprint density at radius 3 is 3.09 bits per heavy atom. The smallest absolute Gasteiger partial charge is 0.284 e. The van der Waals surface area contributed by atoms with E-state index in [-0.39, 0.29) is 5.82 Å². The molecule has 0 radical (unpaired) electrons. The molecule has 1 rings (SSSR count). The largest absolute Gasteiger partial charge is 0.363 e. The molecule has 5 heteroatoms. The molecular formula is C6H10N4O. The Morgan fingerprint density at radius 2 is 2.64 bits per heavy atom. The number of amides is 1. The lowest BCUT2D eigenvalue weighted by atomic mass is 10.5. The molecule has 0 aliphatic heterocycles. The SMILES string of the molecule is CNCc1c[nH]c(C(N)=O)n1. The molecule has 0 saturated carbocycles. The van der Waals surface area contributed by atoms with Crippen molar-refractivity contribution < 1.29 is 4.79 Å². The van der Waals surface area contributed by atoms with E-state index in [1.807, 2.05) is 0 Å². The number of carbonyl (C=O) groups is 1. The summed E-state index contributed by atoms with van der Waals surface area (Å²) < 4.78 is 0. The second-order valence-electron chi connectivity index (χ2n) is 2.14. The zero-order valence-corrected chi connectivity index (χ0v) is 6.22. The molecule has 0 fully saturated rings. The van der Waals surface area contributed by atoms with Crippen molar-refractivity contribution in [2.24, 2.45) is 5.73 Å². The molecule has 0 aliphatic rings. The molecule has 1 aromatic rings. The molecule has 0 atom stereocenters. The summed E-state index contributed by atoms with van der Waals surface area (Å²) in [6.45, 7) is 0.629. The van der Waals surface area contributed by atoms with Crippen molar-refractivity contribution in [3.8, 4) is 0 Å². The molecule has 0 aliphatic carbocycles. The number of hydrogen-bond donors (Lipinski definition) is 3. The molecule has 0 spiro atoms. The first-order chi connectivity index (χ1) is 5.24. The first-order valence-electron chi connectivity index (χ1n) is 3.22. The summed E-state index contributed by atoms with van der Waals surface area (Å²) in [6.07, 6.45) is 1.65. The van der Waals surface area contributed by atoms with Crippen LogP contribution in [-0.4, -0.2) is 22.9 Å². The standard InChI is InChI=1S/C6H10N4O/c1-8-2-4-3-9-6(10-4)5(7)11/h3,8H,2H2,1H3,(H2,7,11)(H,9,10). The van der Waals surface area contributed by atoms with Crippen molar-refractivity contribution in [1.29, 1.82) is 0 Å². The van der Waals surface area contributed by atoms with Crippen LogP contribution < -0.4 is 11.1 Å². The van der Waals surface area contributed by atoms with Crippen LogP contribution in [0.3, 0.4) is 0 Å². The molecule has 1 aromatic heterocycles. The van der Waals surface area contributed by atoms with Gasteiger partial charge < -0.3 is 16.0 Å². The Hall–Kier alpha value is -1.36. The number of imidazole rings is 1. The fourth-order valence-electron chi connectivity index (χ4n) is 0.758. The van der Waals surface area contributed by atoms with Crippen LogP contribution in [0.5, 0.6) is 0 Å². The summed E-state index contributed by atoms with van der Waals surface area (Å²) >= 11 is 0. The minimum absolute atomic E-state index is 0.204. The molecule has 5 nitrogen and oxygen atoms in total. The summed E-state index contributed by atoms with van der Waals surface area (Å²) in [5.74, 6) is -0.331. The summed E-state index contributed by atoms with van der Waals surface area (Å²) in [5, 5.41) is 2.90. The second kappa shape index (κ2) is 3.16. The summed E-state index contributed by atoms with van der Waals surface area (Å²) in [7, 11) is 1.80. The van der Waals surface area contributed by atoms with E-state index in [0.29, 0.717) is 6.54 Å². The minimum Gasteiger partial charge on any atom is -0.363 e. The highest BCUT2D eigenvalue weighted by Crippen LogP contribution is 1.94. The number of nitrogens with zero attached hydrogens (tertiary/aromatic N) is 1. The van der Waals surface area contributed by atoms with Gasteiger partial charge in [-0.05, 0) is 7.05 Å². The highest BCUT2D eigenvalue weighted by molar-refractivity contribution is 5.88. The maximum absolute atomic E-state index is 10.5. The van der Waals surface area contributed by atoms with Gasteiger partial charge in [0.25, 0.3) is 5.91 Å². The second-order valence-corrected chi connectivity index (χ2v) is 2.14. The van der Waals surface area contributed by atoms with Crippen LogP contribution in [0.15, 0.2) is 6.20 Å². The van der Waals surface area contributed by atoms with Crippen LogP contribution in [-0.2, 0) is 6.54 Å². The van der Waals surface area contributed by atoms with E-state index in [2.05, 4.69) is 15.3 Å². The van der Waals surface area contributed by atoms with Crippen LogP contribution in [0, 0.1) is 0 Å². The summed E-state index contributed by atoms with van der Waals surface area (Å²) in [4.78, 5) is 17.1. The van der Waals surface area contributed by atoms with E-state index >= 15 is 0 Å². The fourth-order valence-corrected chi connectivity index (χ4v) is 0.758. The molecule has 1 heterocycles. The third kappa shape index (κ3) is 1.78. The summed E-state index contributed by atoms with van der Waals surface area (Å²) in [5.41, 5.74) is 5.75. The molecule has 1 amide bonds. The molecule has 0 unspecified atom stereocenters. The van der Waals surface area contributed by atoms with E-state index in [1.165, 1.54) is 0 Å². The normalized spacial score (nSPS) is 9.91. The predicted octanol–water partition coefficient (Wildman–Crippen LogP) is -0.772. The first kappa shape index (κ1) is 7.74. The van der Waals surface area contributed by atoms with E-state index in [4.69, 9.17) is 5.73 Å². The molecule has 0 aromatic carbocycles. The van der Waals surface area contributed by atoms with Crippen molar-refractivity contribution in [1.82, 2.24) is 15.3 Å². The van der Waals surface area contributed by atoms with Gasteiger partial charge in [-0.15, -0.1) is 0 Å². The van der Waals surface area contributed by atoms with Gasteiger partial charge in [0.2, 0.25) is 0 Å². The summed E-state index contributed by atoms with van der Waals surface area (Å²) in [6, 6.07) is 0. The number of nitrogens with one attached hydrogen (secondary N) is 2. The van der Waals surface area contributed by atoms with Gasteiger partial charge in [-0.1, -0.05) is 0 Å². The van der Waals surface area contributed by atoms with Crippen molar-refractivity contribution in [2.75, 3.05) is 7.05 Å². The molecular weight excluding hydrogens is 144 g/mol. The maximum atomic E-state index is 10.5. The number of carbonyl (C=O) groups excluding carboxylic acids is 1. The fraction of sp³-hybridized carbons (Fsp3) is 0.333. The van der Waals surface area contributed by atoms with Crippen molar-refractivity contribution in [3.05, 3.63) is 17.7 Å². The van der Waals surface area contributed by atoms with Crippen LogP contribution in [0.4, 0.5) is 0 Å². The maximum Gasteiger partial charge on any atom is 0.284 e. The van der Waals surface area contributed by atoms with Crippen LogP contribution >= 0.6 is 0 Å². The van der Waals surface area contributed by atoms with Gasteiger partial charge in [-0.3, -0.25) is 4.79 Å². The Bertz CT molecular complexity index is 255. The van der Waals surface area contributed by atoms with E-state index < -0.39 is 5.91 Å². The van der Waals surface area contributed by atoms with E-state index in [0.717, 1.165) is 5.69 Å². The Balaban J connectivity index is 2.73. The van der Waals surface area contributed by atoms with Crippen molar-refractivity contribution >= 4 is 5.91 Å². The Labute approximate surface area is 64.0 Å². The van der Waals surface area contributed by atoms with E-state index in [9.17, 15) is 4.79 Å². The minimum atomic E-state index is -0.535. The number of rotatable bonds is 3. The van der Waals surface area contributed by atoms with Crippen molar-refractivity contribution in [3.63, 3.8) is 0 Å². The molecule has 0 bridgehead atoms. The molecule has 0 saturated heterocycles. The van der Waals surface area contributed by atoms with Gasteiger partial charge in [0.15, 0.2) is 5.82 Å². The molecule has 11 heavy (non-hydrogen) atoms. The first-order valence-corrected chi connectivity index (χ1v) is 3.22. The van der Waals surface area contributed by atoms with Gasteiger partial charge in [0.1, 0.15) is 0 Å². The number of H-pyrrole nitrogens is 1. The lowest BCUT2D eigenvalue weighted by Crippen LogP contribution is -2.13. The lowest BCUT2D eigenvalue weighted by molar-refractivity contribution is 0.0991. The van der Waals surface area contributed by atoms with Gasteiger partial charge >= 0.3 is 0 Å². The average Bonchev–Trinajstić information content (AvgIpc) is 2.37. The quantitative estimate of drug-likeness (QED) is 0.534. The highest BCUT2D eigenvalue weighted by atomic mass is 16.1. The van der Waals surface area contributed by atoms with Gasteiger partial charge in [-0.25, -0.2) is 4.98 Å². The average molecular weight is 154 g/mol. The monoisotopic (exact) mass is 154 g/mol. The Morgan fingerprint density at radius 1 is 1.91 bits per heavy atom. The zero-order chi connectivity index (χ0) is 8.27. The number of aromatic nitrogens is 2. The van der Waals surface area contributed by atoms with E-state index in [1.54, 1.807) is 13.2 Å². The Kier molecular flexibility index (Phi) is 2.22. The lowest BCUT2D eigenvalue weighted by Gasteiger charge is -1.89. The van der Waals surface area contributed by atoms with Crippen LogP contribution in [0.2, 0.25) is 0 Å². The predicted molar refractivity (Wildman–Crippen MR) is 39.9 cm³/mol. The van der Waals surface area contributed by atoms with Gasteiger partial charge in [-0.2, -0.15) is 0 Å². The third-order valence-corrected chi connectivity index (χ3v) is 1.22. The number of primary amides is 1. The number of nitrogens with two attached hydrogens (primary N) is 1. The van der Waals surface area contributed by atoms with Crippen LogP contribution in [0.1, 0.15) is 16.3 Å². The molecule has 60 valence electrons. The number of aromatic amines is 1.